The predicted molar refractivity (Wildman–Crippen MR) is 98.9 cm³/mol. The zero-order chi connectivity index (χ0) is 17.6. The molecule has 3 heterocycles. The molecule has 0 aliphatic carbocycles. The maximum absolute atomic E-state index is 12.7. The van der Waals surface area contributed by atoms with Crippen molar-refractivity contribution in [3.63, 3.8) is 0 Å². The number of pyridine rings is 1. The van der Waals surface area contributed by atoms with Crippen molar-refractivity contribution in [3.05, 3.63) is 58.2 Å². The number of carbonyl (C=O) groups is 1. The van der Waals surface area contributed by atoms with Crippen LogP contribution in [0.15, 0.2) is 35.7 Å². The van der Waals surface area contributed by atoms with Gasteiger partial charge in [-0.3, -0.25) is 4.68 Å². The van der Waals surface area contributed by atoms with E-state index in [2.05, 4.69) is 22.2 Å². The van der Waals surface area contributed by atoms with Crippen LogP contribution in [0.2, 0.25) is 0 Å². The van der Waals surface area contributed by atoms with Crippen LogP contribution in [0.25, 0.3) is 21.1 Å². The molecule has 0 radical (unpaired) electrons. The van der Waals surface area contributed by atoms with Crippen molar-refractivity contribution < 1.29 is 9.53 Å². The Morgan fingerprint density at radius 1 is 1.28 bits per heavy atom. The monoisotopic (exact) mass is 351 g/mol. The molecular formula is C19H17N3O2S. The number of thiophene rings is 1. The summed E-state index contributed by atoms with van der Waals surface area (Å²) in [6, 6.07) is 9.89. The number of carbonyl (C=O) groups excluding carboxylic acids is 1. The number of fused-ring (bicyclic) bond motifs is 2. The minimum atomic E-state index is -0.345. The Morgan fingerprint density at radius 3 is 2.92 bits per heavy atom. The lowest BCUT2D eigenvalue weighted by Crippen LogP contribution is -2.07. The van der Waals surface area contributed by atoms with E-state index in [0.29, 0.717) is 11.2 Å². The highest BCUT2D eigenvalue weighted by atomic mass is 32.1. The van der Waals surface area contributed by atoms with Crippen LogP contribution in [-0.2, 0) is 18.4 Å². The molecule has 0 bridgehead atoms. The molecule has 0 atom stereocenters. The second-order valence-corrected chi connectivity index (χ2v) is 6.96. The molecule has 4 rings (SSSR count). The van der Waals surface area contributed by atoms with Gasteiger partial charge in [-0.15, -0.1) is 11.3 Å². The Labute approximate surface area is 148 Å². The van der Waals surface area contributed by atoms with Gasteiger partial charge in [-0.05, 0) is 36.7 Å². The SMILES string of the molecule is Cc1cc(C(=O)OCc2csc3ccccc23)c2c(C)nn(C)c2n1. The average molecular weight is 351 g/mol. The zero-order valence-corrected chi connectivity index (χ0v) is 15.1. The van der Waals surface area contributed by atoms with Crippen molar-refractivity contribution >= 4 is 38.4 Å². The van der Waals surface area contributed by atoms with Crippen molar-refractivity contribution in [2.24, 2.45) is 7.05 Å². The number of esters is 1. The Bertz CT molecular complexity index is 1110. The molecule has 0 saturated carbocycles. The Balaban J connectivity index is 1.66. The van der Waals surface area contributed by atoms with Crippen LogP contribution in [0.5, 0.6) is 0 Å². The molecule has 126 valence electrons. The number of nitrogens with zero attached hydrogens (tertiary/aromatic N) is 3. The van der Waals surface area contributed by atoms with Gasteiger partial charge in [0.05, 0.1) is 16.6 Å². The molecule has 1 aromatic carbocycles. The van der Waals surface area contributed by atoms with E-state index < -0.39 is 0 Å². The molecular weight excluding hydrogens is 334 g/mol. The molecule has 0 spiro atoms. The molecule has 3 aromatic heterocycles. The lowest BCUT2D eigenvalue weighted by molar-refractivity contribution is 0.0477. The summed E-state index contributed by atoms with van der Waals surface area (Å²) in [6.45, 7) is 4.00. The standard InChI is InChI=1S/C19H17N3O2S/c1-11-8-15(17-12(2)21-22(3)18(17)20-11)19(23)24-9-13-10-25-16-7-5-4-6-14(13)16/h4-8,10H,9H2,1-3H3. The Kier molecular flexibility index (Phi) is 3.77. The number of ether oxygens (including phenoxy) is 1. The van der Waals surface area contributed by atoms with Gasteiger partial charge in [-0.2, -0.15) is 5.10 Å². The number of aryl methyl sites for hydroxylation is 3. The van der Waals surface area contributed by atoms with Gasteiger partial charge in [0.15, 0.2) is 5.65 Å². The smallest absolute Gasteiger partial charge is 0.339 e. The van der Waals surface area contributed by atoms with Gasteiger partial charge in [-0.25, -0.2) is 9.78 Å². The van der Waals surface area contributed by atoms with Crippen LogP contribution in [0.1, 0.15) is 27.3 Å². The van der Waals surface area contributed by atoms with Crippen LogP contribution < -0.4 is 0 Å². The van der Waals surface area contributed by atoms with Crippen LogP contribution in [-0.4, -0.2) is 20.7 Å². The fraction of sp³-hybridized carbons (Fsp3) is 0.211. The summed E-state index contributed by atoms with van der Waals surface area (Å²) in [5, 5.41) is 8.31. The van der Waals surface area contributed by atoms with Crippen molar-refractivity contribution in [1.82, 2.24) is 14.8 Å². The number of rotatable bonds is 3. The quantitative estimate of drug-likeness (QED) is 0.520. The predicted octanol–water partition coefficient (Wildman–Crippen LogP) is 4.16. The summed E-state index contributed by atoms with van der Waals surface area (Å²) in [4.78, 5) is 17.2. The fourth-order valence-electron chi connectivity index (χ4n) is 3.10. The molecule has 6 heteroatoms. The van der Waals surface area contributed by atoms with Crippen molar-refractivity contribution in [2.45, 2.75) is 20.5 Å². The zero-order valence-electron chi connectivity index (χ0n) is 14.2. The number of aromatic nitrogens is 3. The molecule has 0 aliphatic heterocycles. The highest BCUT2D eigenvalue weighted by molar-refractivity contribution is 7.17. The van der Waals surface area contributed by atoms with Crippen molar-refractivity contribution in [1.29, 1.82) is 0 Å². The van der Waals surface area contributed by atoms with Gasteiger partial charge < -0.3 is 4.74 Å². The highest BCUT2D eigenvalue weighted by Gasteiger charge is 2.19. The van der Waals surface area contributed by atoms with E-state index in [1.807, 2.05) is 38.4 Å². The first-order chi connectivity index (χ1) is 12.0. The molecule has 0 fully saturated rings. The highest BCUT2D eigenvalue weighted by Crippen LogP contribution is 2.27. The first-order valence-corrected chi connectivity index (χ1v) is 8.85. The molecule has 0 N–H and O–H groups in total. The normalized spacial score (nSPS) is 11.3. The summed E-state index contributed by atoms with van der Waals surface area (Å²) >= 11 is 1.66. The lowest BCUT2D eigenvalue weighted by Gasteiger charge is -2.07. The van der Waals surface area contributed by atoms with E-state index in [4.69, 9.17) is 4.74 Å². The summed E-state index contributed by atoms with van der Waals surface area (Å²) < 4.78 is 8.50. The summed E-state index contributed by atoms with van der Waals surface area (Å²) in [6.07, 6.45) is 0. The third kappa shape index (κ3) is 2.68. The molecule has 4 aromatic rings. The molecule has 25 heavy (non-hydrogen) atoms. The van der Waals surface area contributed by atoms with Crippen LogP contribution in [0.3, 0.4) is 0 Å². The first kappa shape index (κ1) is 15.8. The number of hydrogen-bond donors (Lipinski definition) is 0. The summed E-state index contributed by atoms with van der Waals surface area (Å²) in [5.41, 5.74) is 3.79. The van der Waals surface area contributed by atoms with E-state index >= 15 is 0 Å². The lowest BCUT2D eigenvalue weighted by atomic mass is 10.1. The second-order valence-electron chi connectivity index (χ2n) is 6.05. The molecule has 0 saturated heterocycles. The van der Waals surface area contributed by atoms with Crippen LogP contribution in [0.4, 0.5) is 0 Å². The maximum Gasteiger partial charge on any atom is 0.339 e. The van der Waals surface area contributed by atoms with Gasteiger partial charge in [0.1, 0.15) is 6.61 Å². The first-order valence-electron chi connectivity index (χ1n) is 7.98. The molecule has 0 unspecified atom stereocenters. The average Bonchev–Trinajstić information content (AvgIpc) is 3.13. The van der Waals surface area contributed by atoms with E-state index in [-0.39, 0.29) is 12.6 Å². The van der Waals surface area contributed by atoms with E-state index in [1.165, 1.54) is 4.70 Å². The Hall–Kier alpha value is -2.73. The minimum absolute atomic E-state index is 0.255. The van der Waals surface area contributed by atoms with Crippen LogP contribution >= 0.6 is 11.3 Å². The molecule has 5 nitrogen and oxygen atoms in total. The van der Waals surface area contributed by atoms with Crippen LogP contribution in [0, 0.1) is 13.8 Å². The molecule has 0 amide bonds. The molecule has 0 aliphatic rings. The fourth-order valence-corrected chi connectivity index (χ4v) is 4.04. The largest absolute Gasteiger partial charge is 0.457 e. The van der Waals surface area contributed by atoms with Crippen molar-refractivity contribution in [3.8, 4) is 0 Å². The van der Waals surface area contributed by atoms with Gasteiger partial charge >= 0.3 is 5.97 Å². The minimum Gasteiger partial charge on any atom is -0.457 e. The topological polar surface area (TPSA) is 57.0 Å². The van der Waals surface area contributed by atoms with E-state index in [1.54, 1.807) is 22.1 Å². The van der Waals surface area contributed by atoms with E-state index in [0.717, 1.165) is 27.7 Å². The third-order valence-corrected chi connectivity index (χ3v) is 5.25. The third-order valence-electron chi connectivity index (χ3n) is 4.24. The number of benzene rings is 1. The van der Waals surface area contributed by atoms with E-state index in [9.17, 15) is 4.79 Å². The van der Waals surface area contributed by atoms with Crippen molar-refractivity contribution in [2.75, 3.05) is 0 Å². The maximum atomic E-state index is 12.7. The summed E-state index contributed by atoms with van der Waals surface area (Å²) in [5.74, 6) is -0.345. The van der Waals surface area contributed by atoms with Gasteiger partial charge in [0.2, 0.25) is 0 Å². The Morgan fingerprint density at radius 2 is 2.08 bits per heavy atom. The summed E-state index contributed by atoms with van der Waals surface area (Å²) in [7, 11) is 1.83. The second kappa shape index (κ2) is 5.97. The van der Waals surface area contributed by atoms with Gasteiger partial charge in [0.25, 0.3) is 0 Å². The van der Waals surface area contributed by atoms with Gasteiger partial charge in [0, 0.05) is 23.0 Å². The number of hydrogen-bond acceptors (Lipinski definition) is 5. The van der Waals surface area contributed by atoms with Gasteiger partial charge in [-0.1, -0.05) is 18.2 Å².